The third-order valence-corrected chi connectivity index (χ3v) is 11.5. The fourth-order valence-corrected chi connectivity index (χ4v) is 9.71. The molecule has 0 aliphatic heterocycles. The first-order valence-electron chi connectivity index (χ1n) is 14.5. The molecule has 0 radical (unpaired) electrons. The van der Waals surface area contributed by atoms with E-state index < -0.39 is 0 Å². The van der Waals surface area contributed by atoms with Crippen molar-refractivity contribution in [2.45, 2.75) is 105 Å². The maximum Gasteiger partial charge on any atom is 0.159 e. The van der Waals surface area contributed by atoms with E-state index in [-0.39, 0.29) is 5.41 Å². The van der Waals surface area contributed by atoms with Crippen LogP contribution in [0.1, 0.15) is 111 Å². The number of allylic oxidation sites excluding steroid dienone is 1. The molecule has 4 saturated carbocycles. The summed E-state index contributed by atoms with van der Waals surface area (Å²) in [6, 6.07) is 3.90. The lowest BCUT2D eigenvalue weighted by molar-refractivity contribution is -0.133. The summed E-state index contributed by atoms with van der Waals surface area (Å²) in [6.45, 7) is 12.5. The molecule has 2 nitrogen and oxygen atoms in total. The molecule has 4 aliphatic carbocycles. The highest BCUT2D eigenvalue weighted by Gasteiger charge is 2.61. The lowest BCUT2D eigenvalue weighted by atomic mass is 9.44. The molecule has 1 aromatic rings. The zero-order chi connectivity index (χ0) is 24.1. The minimum atomic E-state index is 0.275. The van der Waals surface area contributed by atoms with Crippen molar-refractivity contribution in [3.63, 3.8) is 0 Å². The van der Waals surface area contributed by atoms with Gasteiger partial charge in [0, 0.05) is 6.42 Å². The van der Waals surface area contributed by atoms with Gasteiger partial charge < -0.3 is 4.42 Å². The van der Waals surface area contributed by atoms with Crippen molar-refractivity contribution < 1.29 is 9.21 Å². The molecule has 0 saturated heterocycles. The van der Waals surface area contributed by atoms with Gasteiger partial charge in [-0.25, -0.2) is 0 Å². The number of hydrogen-bond acceptors (Lipinski definition) is 2. The van der Waals surface area contributed by atoms with E-state index in [0.717, 1.165) is 59.7 Å². The number of rotatable bonds is 6. The second kappa shape index (κ2) is 9.29. The van der Waals surface area contributed by atoms with Gasteiger partial charge in [0.15, 0.2) is 5.78 Å². The average molecular weight is 465 g/mol. The first-order valence-corrected chi connectivity index (χ1v) is 14.5. The van der Waals surface area contributed by atoms with Crippen molar-refractivity contribution in [3.8, 4) is 0 Å². The molecule has 2 heteroatoms. The number of ketones is 1. The minimum Gasteiger partial charge on any atom is -0.465 e. The second-order valence-corrected chi connectivity index (χ2v) is 13.7. The quantitative estimate of drug-likeness (QED) is 0.393. The van der Waals surface area contributed by atoms with E-state index in [1.165, 1.54) is 57.8 Å². The summed E-state index contributed by atoms with van der Waals surface area (Å²) in [5.41, 5.74) is 1.84. The molecular weight excluding hydrogens is 416 g/mol. The molecule has 1 aromatic heterocycles. The molecule has 4 aliphatic rings. The molecule has 1 heterocycles. The van der Waals surface area contributed by atoms with Gasteiger partial charge in [-0.3, -0.25) is 4.79 Å². The highest BCUT2D eigenvalue weighted by molar-refractivity contribution is 6.00. The number of carbonyl (C=O) groups is 1. The van der Waals surface area contributed by atoms with Crippen molar-refractivity contribution >= 4 is 11.9 Å². The number of Topliss-reactive ketones (excluding diaryl/α,β-unsaturated/α-hetero) is 1. The van der Waals surface area contributed by atoms with Crippen LogP contribution < -0.4 is 0 Å². The van der Waals surface area contributed by atoms with Crippen LogP contribution in [0, 0.1) is 52.3 Å². The van der Waals surface area contributed by atoms with Crippen LogP contribution in [0.4, 0.5) is 0 Å². The van der Waals surface area contributed by atoms with Gasteiger partial charge in [-0.15, -0.1) is 0 Å². The summed E-state index contributed by atoms with van der Waals surface area (Å²) in [7, 11) is 0. The SMILES string of the molecule is CC(C)CCC[C@@H](C)[C@@H]1CC[C@@H]2[C@@H]3CC[C@H]4CC(=O)/C(=C\c5ccco5)C[C@]4(C)[C@H]3CC[C@]21C. The van der Waals surface area contributed by atoms with E-state index in [4.69, 9.17) is 4.42 Å². The summed E-state index contributed by atoms with van der Waals surface area (Å²) < 4.78 is 5.58. The molecule has 0 N–H and O–H groups in total. The van der Waals surface area contributed by atoms with Crippen LogP contribution in [-0.2, 0) is 4.79 Å². The number of carbonyl (C=O) groups excluding carboxylic acids is 1. The van der Waals surface area contributed by atoms with E-state index >= 15 is 0 Å². The molecule has 34 heavy (non-hydrogen) atoms. The molecule has 0 aromatic carbocycles. The monoisotopic (exact) mass is 464 g/mol. The summed E-state index contributed by atoms with van der Waals surface area (Å²) >= 11 is 0. The van der Waals surface area contributed by atoms with Crippen LogP contribution in [0.15, 0.2) is 28.4 Å². The van der Waals surface area contributed by atoms with Gasteiger partial charge in [-0.1, -0.05) is 53.9 Å². The van der Waals surface area contributed by atoms with Crippen molar-refractivity contribution in [1.82, 2.24) is 0 Å². The molecule has 0 bridgehead atoms. The predicted molar refractivity (Wildman–Crippen MR) is 140 cm³/mol. The van der Waals surface area contributed by atoms with Gasteiger partial charge in [0.05, 0.1) is 6.26 Å². The Morgan fingerprint density at radius 1 is 1.03 bits per heavy atom. The Kier molecular flexibility index (Phi) is 6.66. The maximum absolute atomic E-state index is 13.0. The van der Waals surface area contributed by atoms with Crippen molar-refractivity contribution in [2.24, 2.45) is 52.3 Å². The summed E-state index contributed by atoms with van der Waals surface area (Å²) in [6.07, 6.45) is 18.0. The van der Waals surface area contributed by atoms with Crippen LogP contribution in [0.5, 0.6) is 0 Å². The van der Waals surface area contributed by atoms with Gasteiger partial charge in [-0.2, -0.15) is 0 Å². The number of furan rings is 1. The fourth-order valence-electron chi connectivity index (χ4n) is 9.71. The van der Waals surface area contributed by atoms with Gasteiger partial charge in [0.1, 0.15) is 5.76 Å². The fraction of sp³-hybridized carbons (Fsp3) is 0.781. The standard InChI is InChI=1S/C32H48O2/c1-21(2)8-6-9-22(3)27-13-14-28-26-12-11-24-19-30(33)23(18-25-10-7-17-34-25)20-32(24,5)29(26)15-16-31(27,28)4/h7,10,17-18,21-22,24,26-29H,6,8-9,11-16,19-20H2,1-5H3/b23-18-/t22-,24+,26+,27+,28-,29+,31+,32+/m1/s1. The molecule has 188 valence electrons. The third kappa shape index (κ3) is 4.16. The smallest absolute Gasteiger partial charge is 0.159 e. The zero-order valence-electron chi connectivity index (χ0n) is 22.4. The summed E-state index contributed by atoms with van der Waals surface area (Å²) in [5.74, 6) is 6.94. The second-order valence-electron chi connectivity index (χ2n) is 13.7. The van der Waals surface area contributed by atoms with Gasteiger partial charge in [0.25, 0.3) is 0 Å². The molecule has 4 fully saturated rings. The maximum atomic E-state index is 13.0. The Morgan fingerprint density at radius 3 is 2.56 bits per heavy atom. The van der Waals surface area contributed by atoms with Crippen molar-refractivity contribution in [1.29, 1.82) is 0 Å². The predicted octanol–water partition coefficient (Wildman–Crippen LogP) is 8.96. The third-order valence-electron chi connectivity index (χ3n) is 11.5. The van der Waals surface area contributed by atoms with Crippen LogP contribution >= 0.6 is 0 Å². The Balaban J connectivity index is 1.33. The Hall–Kier alpha value is -1.31. The minimum absolute atomic E-state index is 0.275. The van der Waals surface area contributed by atoms with Gasteiger partial charge in [0.2, 0.25) is 0 Å². The molecular formula is C32H48O2. The van der Waals surface area contributed by atoms with Crippen molar-refractivity contribution in [2.75, 3.05) is 0 Å². The Bertz CT molecular complexity index is 894. The van der Waals surface area contributed by atoms with E-state index in [1.807, 2.05) is 18.2 Å². The van der Waals surface area contributed by atoms with Crippen LogP contribution in [-0.4, -0.2) is 5.78 Å². The average Bonchev–Trinajstić information content (AvgIpc) is 3.41. The van der Waals surface area contributed by atoms with Gasteiger partial charge >= 0.3 is 0 Å². The Labute approximate surface area is 208 Å². The topological polar surface area (TPSA) is 30.2 Å². The molecule has 5 rings (SSSR count). The van der Waals surface area contributed by atoms with Gasteiger partial charge in [-0.05, 0) is 121 Å². The summed E-state index contributed by atoms with van der Waals surface area (Å²) in [4.78, 5) is 13.0. The highest BCUT2D eigenvalue weighted by atomic mass is 16.3. The van der Waals surface area contributed by atoms with E-state index in [0.29, 0.717) is 17.1 Å². The van der Waals surface area contributed by atoms with E-state index in [1.54, 1.807) is 6.26 Å². The van der Waals surface area contributed by atoms with Crippen LogP contribution in [0.3, 0.4) is 0 Å². The Morgan fingerprint density at radius 2 is 1.82 bits per heavy atom. The molecule has 8 atom stereocenters. The lowest BCUT2D eigenvalue weighted by Gasteiger charge is -2.60. The highest BCUT2D eigenvalue weighted by Crippen LogP contribution is 2.68. The molecule has 0 spiro atoms. The number of fused-ring (bicyclic) bond motifs is 5. The number of hydrogen-bond donors (Lipinski definition) is 0. The normalized spacial score (nSPS) is 41.9. The first kappa shape index (κ1) is 24.4. The molecule has 0 amide bonds. The summed E-state index contributed by atoms with van der Waals surface area (Å²) in [5, 5.41) is 0. The van der Waals surface area contributed by atoms with E-state index in [9.17, 15) is 4.79 Å². The first-order chi connectivity index (χ1) is 16.2. The van der Waals surface area contributed by atoms with Crippen LogP contribution in [0.2, 0.25) is 0 Å². The largest absolute Gasteiger partial charge is 0.465 e. The van der Waals surface area contributed by atoms with Crippen molar-refractivity contribution in [3.05, 3.63) is 29.7 Å². The zero-order valence-corrected chi connectivity index (χ0v) is 22.4. The lowest BCUT2D eigenvalue weighted by Crippen LogP contribution is -2.54. The van der Waals surface area contributed by atoms with E-state index in [2.05, 4.69) is 34.6 Å². The van der Waals surface area contributed by atoms with Crippen LogP contribution in [0.25, 0.3) is 6.08 Å². The molecule has 0 unspecified atom stereocenters.